The van der Waals surface area contributed by atoms with Crippen molar-refractivity contribution in [3.8, 4) is 0 Å². The van der Waals surface area contributed by atoms with Crippen molar-refractivity contribution in [2.24, 2.45) is 5.92 Å². The van der Waals surface area contributed by atoms with Crippen LogP contribution in [-0.2, 0) is 6.42 Å². The number of hydrogen-bond donors (Lipinski definition) is 0. The molecule has 1 aliphatic carbocycles. The first kappa shape index (κ1) is 11.2. The third kappa shape index (κ3) is 3.10. The van der Waals surface area contributed by atoms with Crippen molar-refractivity contribution in [2.45, 2.75) is 32.1 Å². The summed E-state index contributed by atoms with van der Waals surface area (Å²) in [5.41, 5.74) is 2.82. The fourth-order valence-corrected chi connectivity index (χ4v) is 2.29. The molecular weight excluding hydrogens is 192 g/mol. The Bertz CT molecular complexity index is 359. The lowest BCUT2D eigenvalue weighted by Crippen LogP contribution is -2.04. The van der Waals surface area contributed by atoms with E-state index in [4.69, 9.17) is 0 Å². The number of aryl methyl sites for hydroxylation is 1. The quantitative estimate of drug-likeness (QED) is 0.643. The van der Waals surface area contributed by atoms with E-state index in [0.717, 1.165) is 12.8 Å². The maximum absolute atomic E-state index is 4.24. The predicted octanol–water partition coefficient (Wildman–Crippen LogP) is 4.53. The van der Waals surface area contributed by atoms with Crippen LogP contribution in [0.5, 0.6) is 0 Å². The molecule has 0 radical (unpaired) electrons. The molecule has 0 saturated heterocycles. The highest BCUT2D eigenvalue weighted by Gasteiger charge is 2.11. The van der Waals surface area contributed by atoms with Crippen molar-refractivity contribution in [1.29, 1.82) is 0 Å². The molecule has 0 heteroatoms. The average Bonchev–Trinajstić information content (AvgIpc) is 2.38. The van der Waals surface area contributed by atoms with Crippen molar-refractivity contribution in [1.82, 2.24) is 0 Å². The Morgan fingerprint density at radius 2 is 2.06 bits per heavy atom. The van der Waals surface area contributed by atoms with Crippen LogP contribution in [0.4, 0.5) is 0 Å². The van der Waals surface area contributed by atoms with Gasteiger partial charge in [0.25, 0.3) is 0 Å². The normalized spacial score (nSPS) is 19.6. The highest BCUT2D eigenvalue weighted by Crippen LogP contribution is 2.26. The van der Waals surface area contributed by atoms with Crippen LogP contribution >= 0.6 is 0 Å². The zero-order valence-corrected chi connectivity index (χ0v) is 9.86. The molecule has 1 atom stereocenters. The van der Waals surface area contributed by atoms with Gasteiger partial charge >= 0.3 is 0 Å². The summed E-state index contributed by atoms with van der Waals surface area (Å²) in [4.78, 5) is 0. The van der Waals surface area contributed by atoms with Crippen LogP contribution in [0.3, 0.4) is 0 Å². The average molecular weight is 212 g/mol. The SMILES string of the molecule is C=C(CCc1ccccc1)C1C=CCCC1. The van der Waals surface area contributed by atoms with Gasteiger partial charge in [-0.3, -0.25) is 0 Å². The molecule has 0 heterocycles. The zero-order chi connectivity index (χ0) is 11.2. The molecule has 84 valence electrons. The minimum atomic E-state index is 0.637. The Morgan fingerprint density at radius 3 is 2.75 bits per heavy atom. The molecule has 16 heavy (non-hydrogen) atoms. The van der Waals surface area contributed by atoms with Gasteiger partial charge in [0.05, 0.1) is 0 Å². The molecule has 0 aliphatic heterocycles. The maximum Gasteiger partial charge on any atom is -0.00258 e. The molecule has 0 spiro atoms. The Balaban J connectivity index is 1.84. The summed E-state index contributed by atoms with van der Waals surface area (Å²) < 4.78 is 0. The van der Waals surface area contributed by atoms with Crippen molar-refractivity contribution < 1.29 is 0 Å². The molecule has 0 nitrogen and oxygen atoms in total. The standard InChI is InChI=1S/C16H20/c1-14(16-10-6-3-7-11-16)12-13-15-8-4-2-5-9-15/h2,4-6,8-10,16H,1,3,7,11-13H2. The molecule has 0 aromatic heterocycles. The van der Waals surface area contributed by atoms with Crippen LogP contribution in [0.25, 0.3) is 0 Å². The van der Waals surface area contributed by atoms with Gasteiger partial charge in [-0.25, -0.2) is 0 Å². The molecule has 1 unspecified atom stereocenters. The highest BCUT2D eigenvalue weighted by atomic mass is 14.2. The van der Waals surface area contributed by atoms with Crippen molar-refractivity contribution in [3.05, 3.63) is 60.2 Å². The summed E-state index contributed by atoms with van der Waals surface area (Å²) in [5, 5.41) is 0. The van der Waals surface area contributed by atoms with Crippen LogP contribution in [0.15, 0.2) is 54.6 Å². The first-order valence-corrected chi connectivity index (χ1v) is 6.24. The Kier molecular flexibility index (Phi) is 3.98. The van der Waals surface area contributed by atoms with E-state index in [1.807, 2.05) is 0 Å². The fourth-order valence-electron chi connectivity index (χ4n) is 2.29. The van der Waals surface area contributed by atoms with E-state index >= 15 is 0 Å². The lowest BCUT2D eigenvalue weighted by Gasteiger charge is -2.18. The van der Waals surface area contributed by atoms with E-state index in [-0.39, 0.29) is 0 Å². The van der Waals surface area contributed by atoms with Crippen molar-refractivity contribution >= 4 is 0 Å². The van der Waals surface area contributed by atoms with E-state index in [2.05, 4.69) is 49.1 Å². The number of hydrogen-bond acceptors (Lipinski definition) is 0. The molecule has 0 amide bonds. The highest BCUT2D eigenvalue weighted by molar-refractivity contribution is 5.18. The predicted molar refractivity (Wildman–Crippen MR) is 70.4 cm³/mol. The Morgan fingerprint density at radius 1 is 1.25 bits per heavy atom. The lowest BCUT2D eigenvalue weighted by molar-refractivity contribution is 0.587. The molecule has 0 saturated carbocycles. The maximum atomic E-state index is 4.24. The Labute approximate surface area is 98.7 Å². The largest absolute Gasteiger partial charge is 0.0993 e. The smallest absolute Gasteiger partial charge is 0.00258 e. The first-order chi connectivity index (χ1) is 7.86. The van der Waals surface area contributed by atoms with Crippen LogP contribution < -0.4 is 0 Å². The molecule has 0 N–H and O–H groups in total. The van der Waals surface area contributed by atoms with Gasteiger partial charge in [0.2, 0.25) is 0 Å². The van der Waals surface area contributed by atoms with Gasteiger partial charge in [-0.15, -0.1) is 0 Å². The van der Waals surface area contributed by atoms with Gasteiger partial charge in [0, 0.05) is 0 Å². The van der Waals surface area contributed by atoms with Gasteiger partial charge in [0.1, 0.15) is 0 Å². The van der Waals surface area contributed by atoms with Crippen LogP contribution in [0.1, 0.15) is 31.2 Å². The van der Waals surface area contributed by atoms with E-state index in [1.165, 1.54) is 30.4 Å². The van der Waals surface area contributed by atoms with E-state index in [9.17, 15) is 0 Å². The third-order valence-corrected chi connectivity index (χ3v) is 3.36. The van der Waals surface area contributed by atoms with Crippen LogP contribution in [-0.4, -0.2) is 0 Å². The summed E-state index contributed by atoms with van der Waals surface area (Å²) in [6.45, 7) is 4.24. The number of benzene rings is 1. The van der Waals surface area contributed by atoms with Gasteiger partial charge < -0.3 is 0 Å². The topological polar surface area (TPSA) is 0 Å². The molecule has 1 aromatic carbocycles. The van der Waals surface area contributed by atoms with Gasteiger partial charge in [-0.05, 0) is 43.6 Å². The summed E-state index contributed by atoms with van der Waals surface area (Å²) >= 11 is 0. The summed E-state index contributed by atoms with van der Waals surface area (Å²) in [6.07, 6.45) is 10.8. The van der Waals surface area contributed by atoms with Gasteiger partial charge in [-0.1, -0.05) is 54.6 Å². The van der Waals surface area contributed by atoms with E-state index in [0.29, 0.717) is 5.92 Å². The lowest BCUT2D eigenvalue weighted by atomic mass is 9.87. The molecule has 1 aliphatic rings. The second kappa shape index (κ2) is 5.69. The molecule has 0 fully saturated rings. The fraction of sp³-hybridized carbons (Fsp3) is 0.375. The minimum Gasteiger partial charge on any atom is -0.0993 e. The van der Waals surface area contributed by atoms with Gasteiger partial charge in [-0.2, -0.15) is 0 Å². The zero-order valence-electron chi connectivity index (χ0n) is 9.86. The van der Waals surface area contributed by atoms with Gasteiger partial charge in [0.15, 0.2) is 0 Å². The second-order valence-corrected chi connectivity index (χ2v) is 4.61. The number of allylic oxidation sites excluding steroid dienone is 3. The third-order valence-electron chi connectivity index (χ3n) is 3.36. The first-order valence-electron chi connectivity index (χ1n) is 6.24. The molecule has 1 aromatic rings. The minimum absolute atomic E-state index is 0.637. The van der Waals surface area contributed by atoms with E-state index < -0.39 is 0 Å². The Hall–Kier alpha value is -1.30. The summed E-state index contributed by atoms with van der Waals surface area (Å²) in [7, 11) is 0. The number of rotatable bonds is 4. The van der Waals surface area contributed by atoms with Crippen LogP contribution in [0, 0.1) is 5.92 Å². The summed E-state index contributed by atoms with van der Waals surface area (Å²) in [6, 6.07) is 10.7. The van der Waals surface area contributed by atoms with Crippen molar-refractivity contribution in [2.75, 3.05) is 0 Å². The summed E-state index contributed by atoms with van der Waals surface area (Å²) in [5.74, 6) is 0.637. The molecule has 0 bridgehead atoms. The second-order valence-electron chi connectivity index (χ2n) is 4.61. The molecular formula is C16H20. The monoisotopic (exact) mass is 212 g/mol. The molecule has 2 rings (SSSR count). The van der Waals surface area contributed by atoms with Crippen LogP contribution in [0.2, 0.25) is 0 Å². The van der Waals surface area contributed by atoms with Crippen molar-refractivity contribution in [3.63, 3.8) is 0 Å². The van der Waals surface area contributed by atoms with E-state index in [1.54, 1.807) is 0 Å².